The Labute approximate surface area is 73.7 Å². The van der Waals surface area contributed by atoms with Gasteiger partial charge in [0, 0.05) is 12.1 Å². The molecule has 0 saturated heterocycles. The minimum atomic E-state index is -0.562. The van der Waals surface area contributed by atoms with E-state index in [0.717, 1.165) is 6.07 Å². The van der Waals surface area contributed by atoms with Gasteiger partial charge >= 0.3 is 0 Å². The van der Waals surface area contributed by atoms with E-state index in [2.05, 4.69) is 0 Å². The van der Waals surface area contributed by atoms with E-state index < -0.39 is 5.78 Å². The monoisotopic (exact) mass is 177 g/mol. The van der Waals surface area contributed by atoms with Gasteiger partial charge in [-0.1, -0.05) is 0 Å². The Bertz CT molecular complexity index is 420. The van der Waals surface area contributed by atoms with Crippen LogP contribution in [0.3, 0.4) is 0 Å². The number of rotatable bonds is 0. The quantitative estimate of drug-likeness (QED) is 0.580. The second kappa shape index (κ2) is 2.26. The molecule has 1 aliphatic heterocycles. The molecule has 0 fully saturated rings. The van der Waals surface area contributed by atoms with E-state index in [0.29, 0.717) is 0 Å². The largest absolute Gasteiger partial charge is 0.508 e. The first-order valence-corrected chi connectivity index (χ1v) is 3.50. The average molecular weight is 177 g/mol. The van der Waals surface area contributed by atoms with E-state index in [1.54, 1.807) is 0 Å². The van der Waals surface area contributed by atoms with Gasteiger partial charge in [0.1, 0.15) is 22.8 Å². The molecule has 1 radical (unpaired) electrons. The van der Waals surface area contributed by atoms with Gasteiger partial charge in [-0.05, 0) is 6.58 Å². The van der Waals surface area contributed by atoms with E-state index in [-0.39, 0.29) is 28.6 Å². The second-order valence-electron chi connectivity index (χ2n) is 2.63. The molecule has 13 heavy (non-hydrogen) atoms. The van der Waals surface area contributed by atoms with Crippen molar-refractivity contribution in [2.75, 3.05) is 0 Å². The number of fused-ring (bicyclic) bond motifs is 1. The van der Waals surface area contributed by atoms with Crippen LogP contribution < -0.4 is 4.74 Å². The zero-order valence-corrected chi connectivity index (χ0v) is 6.44. The maximum Gasteiger partial charge on any atom is 0.235 e. The number of phenolic OH excluding ortho intramolecular Hbond substituents is 2. The van der Waals surface area contributed by atoms with Crippen molar-refractivity contribution in [3.63, 3.8) is 0 Å². The number of carbonyl (C=O) groups is 1. The minimum absolute atomic E-state index is 0.00435. The number of aromatic hydroxyl groups is 2. The van der Waals surface area contributed by atoms with Gasteiger partial charge in [-0.2, -0.15) is 0 Å². The molecule has 0 aliphatic carbocycles. The van der Waals surface area contributed by atoms with Gasteiger partial charge in [0.2, 0.25) is 5.78 Å². The predicted octanol–water partition coefficient (Wildman–Crippen LogP) is 0.990. The van der Waals surface area contributed by atoms with Crippen molar-refractivity contribution < 1.29 is 19.7 Å². The zero-order chi connectivity index (χ0) is 9.59. The van der Waals surface area contributed by atoms with Crippen molar-refractivity contribution in [2.45, 2.75) is 0 Å². The number of hydrogen-bond donors (Lipinski definition) is 2. The van der Waals surface area contributed by atoms with Gasteiger partial charge in [0.15, 0.2) is 5.76 Å². The summed E-state index contributed by atoms with van der Waals surface area (Å²) in [6, 6.07) is 2.27. The lowest BCUT2D eigenvalue weighted by molar-refractivity contribution is 0.101. The van der Waals surface area contributed by atoms with Crippen LogP contribution in [0.25, 0.3) is 0 Å². The lowest BCUT2D eigenvalue weighted by atomic mass is 10.1. The highest BCUT2D eigenvalue weighted by Gasteiger charge is 2.29. The highest BCUT2D eigenvalue weighted by atomic mass is 16.5. The van der Waals surface area contributed by atoms with Crippen LogP contribution in [0.2, 0.25) is 0 Å². The Balaban J connectivity index is 2.71. The second-order valence-corrected chi connectivity index (χ2v) is 2.63. The summed E-state index contributed by atoms with van der Waals surface area (Å²) >= 11 is 0. The fourth-order valence-corrected chi connectivity index (χ4v) is 1.18. The summed E-state index contributed by atoms with van der Waals surface area (Å²) in [7, 11) is 0. The molecule has 0 bridgehead atoms. The Hall–Kier alpha value is -1.97. The van der Waals surface area contributed by atoms with Crippen LogP contribution in [0, 0.1) is 6.58 Å². The van der Waals surface area contributed by atoms with Crippen molar-refractivity contribution in [2.24, 2.45) is 0 Å². The molecule has 65 valence electrons. The summed E-state index contributed by atoms with van der Waals surface area (Å²) in [5.74, 6) is -1.29. The fraction of sp³-hybridized carbons (Fsp3) is 0. The van der Waals surface area contributed by atoms with E-state index in [4.69, 9.17) is 16.4 Å². The summed E-state index contributed by atoms with van der Waals surface area (Å²) in [5, 5.41) is 18.3. The van der Waals surface area contributed by atoms with Crippen molar-refractivity contribution in [3.8, 4) is 17.2 Å². The summed E-state index contributed by atoms with van der Waals surface area (Å²) < 4.78 is 4.81. The molecule has 2 N–H and O–H groups in total. The molecule has 1 heterocycles. The number of carbonyl (C=O) groups excluding carboxylic acids is 1. The number of benzene rings is 1. The molecular formula is C9H5O4. The average Bonchev–Trinajstić information content (AvgIpc) is 2.27. The van der Waals surface area contributed by atoms with Gasteiger partial charge < -0.3 is 14.9 Å². The fourth-order valence-electron chi connectivity index (χ4n) is 1.18. The molecular weight excluding hydrogens is 172 g/mol. The molecule has 4 heteroatoms. The molecule has 0 aromatic heterocycles. The topological polar surface area (TPSA) is 66.8 Å². The molecule has 0 spiro atoms. The maximum absolute atomic E-state index is 11.2. The molecule has 0 unspecified atom stereocenters. The van der Waals surface area contributed by atoms with E-state index >= 15 is 0 Å². The SMILES string of the molecule is [CH]=C1Oc2cc(O)cc(O)c2C1=O. The number of ether oxygens (including phenoxy) is 1. The number of allylic oxidation sites excluding steroid dienone is 1. The van der Waals surface area contributed by atoms with E-state index in [1.807, 2.05) is 0 Å². The smallest absolute Gasteiger partial charge is 0.235 e. The third-order valence-electron chi connectivity index (χ3n) is 1.74. The lowest BCUT2D eigenvalue weighted by Gasteiger charge is -1.99. The number of Topliss-reactive ketones (excluding diaryl/α,β-unsaturated/α-hetero) is 1. The van der Waals surface area contributed by atoms with E-state index in [1.165, 1.54) is 6.07 Å². The normalized spacial score (nSPS) is 14.2. The van der Waals surface area contributed by atoms with Crippen molar-refractivity contribution in [1.29, 1.82) is 0 Å². The highest BCUT2D eigenvalue weighted by Crippen LogP contribution is 2.39. The summed E-state index contributed by atoms with van der Waals surface area (Å²) in [6.45, 7) is 5.20. The van der Waals surface area contributed by atoms with Crippen LogP contribution in [0.4, 0.5) is 0 Å². The number of hydrogen-bond acceptors (Lipinski definition) is 4. The summed E-state index contributed by atoms with van der Waals surface area (Å²) in [6.07, 6.45) is 0. The van der Waals surface area contributed by atoms with Crippen LogP contribution >= 0.6 is 0 Å². The van der Waals surface area contributed by atoms with Crippen LogP contribution in [-0.4, -0.2) is 16.0 Å². The van der Waals surface area contributed by atoms with Crippen LogP contribution in [0.1, 0.15) is 10.4 Å². The number of phenols is 2. The third kappa shape index (κ3) is 0.955. The van der Waals surface area contributed by atoms with Gasteiger partial charge in [0.25, 0.3) is 0 Å². The maximum atomic E-state index is 11.2. The molecule has 0 atom stereocenters. The van der Waals surface area contributed by atoms with Crippen molar-refractivity contribution in [1.82, 2.24) is 0 Å². The van der Waals surface area contributed by atoms with Gasteiger partial charge in [-0.15, -0.1) is 0 Å². The molecule has 4 nitrogen and oxygen atoms in total. The van der Waals surface area contributed by atoms with Gasteiger partial charge in [0.05, 0.1) is 0 Å². The van der Waals surface area contributed by atoms with Crippen molar-refractivity contribution >= 4 is 5.78 Å². The van der Waals surface area contributed by atoms with E-state index in [9.17, 15) is 9.90 Å². The lowest BCUT2D eigenvalue weighted by Crippen LogP contribution is -1.95. The van der Waals surface area contributed by atoms with Gasteiger partial charge in [-0.3, -0.25) is 4.79 Å². The Morgan fingerprint density at radius 2 is 2.00 bits per heavy atom. The predicted molar refractivity (Wildman–Crippen MR) is 42.5 cm³/mol. The Morgan fingerprint density at radius 1 is 1.31 bits per heavy atom. The summed E-state index contributed by atoms with van der Waals surface area (Å²) in [5.41, 5.74) is -0.00435. The Kier molecular flexibility index (Phi) is 1.33. The first-order valence-electron chi connectivity index (χ1n) is 3.50. The first kappa shape index (κ1) is 7.67. The first-order chi connectivity index (χ1) is 6.09. The van der Waals surface area contributed by atoms with Crippen LogP contribution in [0.15, 0.2) is 17.9 Å². The Morgan fingerprint density at radius 3 is 2.69 bits per heavy atom. The molecule has 0 amide bonds. The molecule has 1 aromatic carbocycles. The van der Waals surface area contributed by atoms with Crippen molar-refractivity contribution in [3.05, 3.63) is 30.0 Å². The third-order valence-corrected chi connectivity index (χ3v) is 1.74. The van der Waals surface area contributed by atoms with Crippen LogP contribution in [-0.2, 0) is 0 Å². The highest BCUT2D eigenvalue weighted by molar-refractivity contribution is 6.13. The number of ketones is 1. The minimum Gasteiger partial charge on any atom is -0.508 e. The standard InChI is InChI=1S/C9H5O4/c1-4-9(12)8-6(11)2-5(10)3-7(8)13-4/h1-3,10-11H. The summed E-state index contributed by atoms with van der Waals surface area (Å²) in [4.78, 5) is 11.2. The molecule has 1 aliphatic rings. The molecule has 0 saturated carbocycles. The van der Waals surface area contributed by atoms with Crippen LogP contribution in [0.5, 0.6) is 17.2 Å². The molecule has 2 rings (SSSR count). The van der Waals surface area contributed by atoms with Gasteiger partial charge in [-0.25, -0.2) is 0 Å². The molecule has 1 aromatic rings. The zero-order valence-electron chi connectivity index (χ0n) is 6.44.